The van der Waals surface area contributed by atoms with Crippen LogP contribution in [0.5, 0.6) is 5.75 Å². The van der Waals surface area contributed by atoms with E-state index in [2.05, 4.69) is 15.4 Å². The van der Waals surface area contributed by atoms with Crippen molar-refractivity contribution >= 4 is 5.96 Å². The normalized spacial score (nSPS) is 11.5. The maximum atomic E-state index is 13.1. The summed E-state index contributed by atoms with van der Waals surface area (Å²) < 4.78 is 33.0. The minimum atomic E-state index is -0.924. The molecule has 0 spiro atoms. The highest BCUT2D eigenvalue weighted by molar-refractivity contribution is 5.79. The molecule has 0 radical (unpaired) electrons. The first-order valence-electron chi connectivity index (χ1n) is 7.46. The molecule has 0 amide bonds. The van der Waals surface area contributed by atoms with Gasteiger partial charge >= 0.3 is 0 Å². The third-order valence-electron chi connectivity index (χ3n) is 3.30. The predicted molar refractivity (Wildman–Crippen MR) is 87.9 cm³/mol. The molecule has 0 unspecified atom stereocenters. The molecule has 0 bridgehead atoms. The fraction of sp³-hybridized carbons (Fsp3) is 0.375. The molecule has 0 aliphatic rings. The number of benzene rings is 1. The molecule has 1 heterocycles. The minimum Gasteiger partial charge on any atom is -0.492 e. The van der Waals surface area contributed by atoms with Crippen LogP contribution in [0.15, 0.2) is 35.6 Å². The molecular weight excluding hydrogens is 316 g/mol. The van der Waals surface area contributed by atoms with Gasteiger partial charge in [0.2, 0.25) is 0 Å². The molecular formula is C16H21F2N5O. The van der Waals surface area contributed by atoms with E-state index >= 15 is 0 Å². The number of rotatable bonds is 6. The second kappa shape index (κ2) is 8.28. The molecule has 2 aromatic rings. The lowest BCUT2D eigenvalue weighted by Crippen LogP contribution is -2.40. The average Bonchev–Trinajstić information content (AvgIpc) is 2.95. The Morgan fingerprint density at radius 3 is 2.79 bits per heavy atom. The fourth-order valence-electron chi connectivity index (χ4n) is 2.19. The third kappa shape index (κ3) is 4.94. The lowest BCUT2D eigenvalue weighted by atomic mass is 10.3. The third-order valence-corrected chi connectivity index (χ3v) is 3.30. The van der Waals surface area contributed by atoms with Gasteiger partial charge in [-0.3, -0.25) is 9.67 Å². The summed E-state index contributed by atoms with van der Waals surface area (Å²) in [4.78, 5) is 6.15. The Kier molecular flexibility index (Phi) is 6.11. The summed E-state index contributed by atoms with van der Waals surface area (Å²) in [6, 6.07) is 3.46. The highest BCUT2D eigenvalue weighted by atomic mass is 19.2. The summed E-state index contributed by atoms with van der Waals surface area (Å²) in [5.41, 5.74) is 1.07. The molecule has 1 N–H and O–H groups in total. The number of aliphatic imine (C=N–C) groups is 1. The quantitative estimate of drug-likeness (QED) is 0.496. The van der Waals surface area contributed by atoms with E-state index < -0.39 is 11.6 Å². The Morgan fingerprint density at radius 1 is 1.38 bits per heavy atom. The standard InChI is InChI=1S/C16H21F2N5O/c1-19-16(22(2)10-12-9-21-23(3)11-12)20-6-7-24-13-4-5-14(17)15(18)8-13/h4-5,8-9,11H,6-7,10H2,1-3H3,(H,19,20). The zero-order chi connectivity index (χ0) is 17.5. The summed E-state index contributed by atoms with van der Waals surface area (Å²) in [5, 5.41) is 7.28. The molecule has 1 aromatic heterocycles. The molecule has 6 nitrogen and oxygen atoms in total. The number of hydrogen-bond donors (Lipinski definition) is 1. The molecule has 0 atom stereocenters. The van der Waals surface area contributed by atoms with Crippen molar-refractivity contribution in [2.45, 2.75) is 6.54 Å². The van der Waals surface area contributed by atoms with Crippen LogP contribution in [0.25, 0.3) is 0 Å². The van der Waals surface area contributed by atoms with E-state index in [1.165, 1.54) is 6.07 Å². The first-order chi connectivity index (χ1) is 11.5. The topological polar surface area (TPSA) is 54.7 Å². The molecule has 130 valence electrons. The van der Waals surface area contributed by atoms with Crippen LogP contribution < -0.4 is 10.1 Å². The van der Waals surface area contributed by atoms with E-state index in [9.17, 15) is 8.78 Å². The molecule has 8 heteroatoms. The Bertz CT molecular complexity index is 702. The molecule has 1 aromatic carbocycles. The maximum Gasteiger partial charge on any atom is 0.193 e. The molecule has 0 fully saturated rings. The van der Waals surface area contributed by atoms with Crippen molar-refractivity contribution < 1.29 is 13.5 Å². The van der Waals surface area contributed by atoms with Crippen molar-refractivity contribution in [2.24, 2.45) is 12.0 Å². The van der Waals surface area contributed by atoms with Crippen LogP contribution in [0.2, 0.25) is 0 Å². The van der Waals surface area contributed by atoms with Gasteiger partial charge in [-0.05, 0) is 12.1 Å². The molecule has 24 heavy (non-hydrogen) atoms. The van der Waals surface area contributed by atoms with Crippen LogP contribution in [0, 0.1) is 11.6 Å². The first-order valence-corrected chi connectivity index (χ1v) is 7.46. The van der Waals surface area contributed by atoms with Crippen molar-refractivity contribution in [3.05, 3.63) is 47.8 Å². The van der Waals surface area contributed by atoms with Gasteiger partial charge in [0.25, 0.3) is 0 Å². The van der Waals surface area contributed by atoms with Gasteiger partial charge in [0.05, 0.1) is 12.7 Å². The van der Waals surface area contributed by atoms with Crippen LogP contribution in [0.3, 0.4) is 0 Å². The number of ether oxygens (including phenoxy) is 1. The van der Waals surface area contributed by atoms with Crippen LogP contribution >= 0.6 is 0 Å². The number of nitrogens with one attached hydrogen (secondary N) is 1. The van der Waals surface area contributed by atoms with E-state index in [0.717, 1.165) is 17.7 Å². The highest BCUT2D eigenvalue weighted by Crippen LogP contribution is 2.14. The van der Waals surface area contributed by atoms with Gasteiger partial charge in [0.15, 0.2) is 17.6 Å². The lowest BCUT2D eigenvalue weighted by molar-refractivity contribution is 0.316. The molecule has 0 aliphatic heterocycles. The number of nitrogens with zero attached hydrogens (tertiary/aromatic N) is 4. The first kappa shape index (κ1) is 17.7. The monoisotopic (exact) mass is 337 g/mol. The summed E-state index contributed by atoms with van der Waals surface area (Å²) in [5.74, 6) is -0.826. The average molecular weight is 337 g/mol. The molecule has 2 rings (SSSR count). The second-order valence-electron chi connectivity index (χ2n) is 5.28. The van der Waals surface area contributed by atoms with Gasteiger partial charge in [-0.1, -0.05) is 0 Å². The smallest absolute Gasteiger partial charge is 0.193 e. The SMILES string of the molecule is CN=C(NCCOc1ccc(F)c(F)c1)N(C)Cc1cnn(C)c1. The highest BCUT2D eigenvalue weighted by Gasteiger charge is 2.08. The lowest BCUT2D eigenvalue weighted by Gasteiger charge is -2.21. The Hall–Kier alpha value is -2.64. The summed E-state index contributed by atoms with van der Waals surface area (Å²) in [6.07, 6.45) is 3.74. The van der Waals surface area contributed by atoms with E-state index in [0.29, 0.717) is 25.7 Å². The minimum absolute atomic E-state index is 0.286. The van der Waals surface area contributed by atoms with Gasteiger partial charge < -0.3 is 15.0 Å². The van der Waals surface area contributed by atoms with E-state index in [4.69, 9.17) is 4.74 Å². The van der Waals surface area contributed by atoms with Crippen molar-refractivity contribution in [2.75, 3.05) is 27.2 Å². The van der Waals surface area contributed by atoms with Gasteiger partial charge in [-0.15, -0.1) is 0 Å². The van der Waals surface area contributed by atoms with E-state index in [1.54, 1.807) is 17.9 Å². The summed E-state index contributed by atoms with van der Waals surface area (Å²) >= 11 is 0. The zero-order valence-electron chi connectivity index (χ0n) is 14.0. The largest absolute Gasteiger partial charge is 0.492 e. The van der Waals surface area contributed by atoms with Crippen molar-refractivity contribution in [3.63, 3.8) is 0 Å². The van der Waals surface area contributed by atoms with Crippen LogP contribution in [-0.2, 0) is 13.6 Å². The van der Waals surface area contributed by atoms with Crippen molar-refractivity contribution in [1.29, 1.82) is 0 Å². The zero-order valence-corrected chi connectivity index (χ0v) is 14.0. The van der Waals surface area contributed by atoms with Gasteiger partial charge in [0.1, 0.15) is 12.4 Å². The predicted octanol–water partition coefficient (Wildman–Crippen LogP) is 1.78. The maximum absolute atomic E-state index is 13.1. The summed E-state index contributed by atoms with van der Waals surface area (Å²) in [6.45, 7) is 1.44. The van der Waals surface area contributed by atoms with Crippen molar-refractivity contribution in [3.8, 4) is 5.75 Å². The van der Waals surface area contributed by atoms with E-state index in [-0.39, 0.29) is 5.75 Å². The number of hydrogen-bond acceptors (Lipinski definition) is 3. The van der Waals surface area contributed by atoms with E-state index in [1.807, 2.05) is 25.2 Å². The number of aromatic nitrogens is 2. The number of halogens is 2. The van der Waals surface area contributed by atoms with Crippen LogP contribution in [-0.4, -0.2) is 47.9 Å². The van der Waals surface area contributed by atoms with Crippen LogP contribution in [0.1, 0.15) is 5.56 Å². The number of aryl methyl sites for hydroxylation is 1. The number of guanidine groups is 1. The Morgan fingerprint density at radius 2 is 2.17 bits per heavy atom. The Labute approximate surface area is 139 Å². The second-order valence-corrected chi connectivity index (χ2v) is 5.28. The van der Waals surface area contributed by atoms with Gasteiger partial charge in [-0.2, -0.15) is 5.10 Å². The molecule has 0 saturated heterocycles. The van der Waals surface area contributed by atoms with Crippen LogP contribution in [0.4, 0.5) is 8.78 Å². The molecule has 0 saturated carbocycles. The van der Waals surface area contributed by atoms with Gasteiger partial charge in [0, 0.05) is 45.5 Å². The molecule has 0 aliphatic carbocycles. The summed E-state index contributed by atoms with van der Waals surface area (Å²) in [7, 11) is 5.48. The Balaban J connectivity index is 1.77. The van der Waals surface area contributed by atoms with Gasteiger partial charge in [-0.25, -0.2) is 8.78 Å². The van der Waals surface area contributed by atoms with Crippen molar-refractivity contribution in [1.82, 2.24) is 20.0 Å². The fourth-order valence-corrected chi connectivity index (χ4v) is 2.19.